The van der Waals surface area contributed by atoms with Gasteiger partial charge in [-0.15, -0.1) is 0 Å². The molecule has 0 saturated heterocycles. The predicted molar refractivity (Wildman–Crippen MR) is 111 cm³/mol. The van der Waals surface area contributed by atoms with Gasteiger partial charge in [0, 0.05) is 19.5 Å². The first-order valence-corrected chi connectivity index (χ1v) is 9.52. The van der Waals surface area contributed by atoms with Gasteiger partial charge in [-0.2, -0.15) is 0 Å². The number of benzene rings is 1. The summed E-state index contributed by atoms with van der Waals surface area (Å²) in [4.78, 5) is 12.2. The van der Waals surface area contributed by atoms with E-state index >= 15 is 0 Å². The highest BCUT2D eigenvalue weighted by Crippen LogP contribution is 2.34. The van der Waals surface area contributed by atoms with E-state index in [9.17, 15) is 10.0 Å². The number of hydrogen-bond donors (Lipinski definition) is 6. The third kappa shape index (κ3) is 8.64. The zero-order valence-electron chi connectivity index (χ0n) is 15.4. The van der Waals surface area contributed by atoms with E-state index in [4.69, 9.17) is 44.8 Å². The average Bonchev–Trinajstić information content (AvgIpc) is 2.64. The molecule has 1 aromatic rings. The second kappa shape index (κ2) is 13.0. The average molecular weight is 433 g/mol. The molecule has 0 bridgehead atoms. The van der Waals surface area contributed by atoms with E-state index in [1.165, 1.54) is 0 Å². The third-order valence-electron chi connectivity index (χ3n) is 3.61. The number of hydrogen-bond acceptors (Lipinski definition) is 6. The van der Waals surface area contributed by atoms with Crippen LogP contribution in [0.1, 0.15) is 24.8 Å². The lowest BCUT2D eigenvalue weighted by Crippen LogP contribution is -2.34. The zero-order chi connectivity index (χ0) is 20.9. The molecule has 1 aromatic carbocycles. The lowest BCUT2D eigenvalue weighted by Gasteiger charge is -2.12. The van der Waals surface area contributed by atoms with Gasteiger partial charge < -0.3 is 32.0 Å². The maximum Gasteiger partial charge on any atom is 0.269 e. The molecule has 0 saturated carbocycles. The van der Waals surface area contributed by atoms with E-state index in [2.05, 4.69) is 15.8 Å². The van der Waals surface area contributed by atoms with Crippen molar-refractivity contribution in [2.24, 2.45) is 16.6 Å². The minimum Gasteiger partial charge on any atom is -0.490 e. The number of rotatable bonds is 12. The molecule has 0 atom stereocenters. The molecule has 1 rings (SSSR count). The van der Waals surface area contributed by atoms with Crippen molar-refractivity contribution < 1.29 is 14.7 Å². The molecule has 0 heterocycles. The maximum atomic E-state index is 12.2. The van der Waals surface area contributed by atoms with Crippen LogP contribution < -0.4 is 26.8 Å². The maximum absolute atomic E-state index is 12.2. The number of nitrogens with zero attached hydrogens (tertiary/aromatic N) is 1. The summed E-state index contributed by atoms with van der Waals surface area (Å²) < 4.78 is 5.51. The van der Waals surface area contributed by atoms with Crippen LogP contribution in [-0.2, 0) is 11.2 Å². The van der Waals surface area contributed by atoms with Crippen molar-refractivity contribution in [3.8, 4) is 5.75 Å². The lowest BCUT2D eigenvalue weighted by molar-refractivity contribution is -0.115. The number of carbonyl (C=O) groups excluding carboxylic acids is 1. The normalized spacial score (nSPS) is 11.2. The Morgan fingerprint density at radius 3 is 2.32 bits per heavy atom. The van der Waals surface area contributed by atoms with Crippen LogP contribution in [0.25, 0.3) is 0 Å². The van der Waals surface area contributed by atoms with Crippen molar-refractivity contribution in [3.63, 3.8) is 0 Å². The summed E-state index contributed by atoms with van der Waals surface area (Å²) in [5, 5.41) is 25.2. The number of oxime groups is 1. The van der Waals surface area contributed by atoms with Crippen molar-refractivity contribution in [2.45, 2.75) is 25.7 Å². The largest absolute Gasteiger partial charge is 0.490 e. The Balaban J connectivity index is 2.57. The van der Waals surface area contributed by atoms with Gasteiger partial charge in [0.1, 0.15) is 5.71 Å². The van der Waals surface area contributed by atoms with Crippen molar-refractivity contribution in [2.75, 3.05) is 26.2 Å². The summed E-state index contributed by atoms with van der Waals surface area (Å²) in [6.07, 6.45) is 2.12. The summed E-state index contributed by atoms with van der Waals surface area (Å²) >= 11 is 12.4. The molecule has 156 valence electrons. The smallest absolute Gasteiger partial charge is 0.269 e. The van der Waals surface area contributed by atoms with Crippen LogP contribution in [0, 0.1) is 5.41 Å². The SMILES string of the molecule is N=C(N)NCCCCNC(=O)C(Cc1cc(Cl)c(OCCCN)c(Cl)c1)=NO. The van der Waals surface area contributed by atoms with Crippen LogP contribution in [-0.4, -0.2) is 49.0 Å². The van der Waals surface area contributed by atoms with Gasteiger partial charge in [0.15, 0.2) is 11.7 Å². The fourth-order valence-electron chi connectivity index (χ4n) is 2.24. The number of nitrogens with two attached hydrogens (primary N) is 2. The molecule has 8 N–H and O–H groups in total. The molecule has 0 aliphatic heterocycles. The minimum atomic E-state index is -0.488. The number of carbonyl (C=O) groups is 1. The second-order valence-corrected chi connectivity index (χ2v) is 6.72. The molecule has 9 nitrogen and oxygen atoms in total. The lowest BCUT2D eigenvalue weighted by atomic mass is 10.1. The van der Waals surface area contributed by atoms with Gasteiger partial charge >= 0.3 is 0 Å². The standard InChI is InChI=1S/C17H26Cl2N6O3/c18-12-8-11(9-13(19)15(12)28-7-3-4-20)10-14(25-27)16(26)23-5-1-2-6-24-17(21)22/h8-9,27H,1-7,10,20H2,(H,23,26)(H4,21,22,24). The monoisotopic (exact) mass is 432 g/mol. The van der Waals surface area contributed by atoms with Crippen LogP contribution in [0.2, 0.25) is 10.0 Å². The molecule has 0 radical (unpaired) electrons. The highest BCUT2D eigenvalue weighted by Gasteiger charge is 2.16. The van der Waals surface area contributed by atoms with E-state index in [0.717, 1.165) is 6.42 Å². The third-order valence-corrected chi connectivity index (χ3v) is 4.17. The summed E-state index contributed by atoms with van der Waals surface area (Å²) in [5.74, 6) is -0.226. The van der Waals surface area contributed by atoms with Gasteiger partial charge in [-0.25, -0.2) is 0 Å². The topological polar surface area (TPSA) is 159 Å². The summed E-state index contributed by atoms with van der Waals surface area (Å²) in [6.45, 7) is 1.82. The van der Waals surface area contributed by atoms with Gasteiger partial charge in [0.25, 0.3) is 5.91 Å². The molecule has 11 heteroatoms. The van der Waals surface area contributed by atoms with Crippen LogP contribution in [0.5, 0.6) is 5.75 Å². The molecule has 0 aliphatic rings. The minimum absolute atomic E-state index is 0.0523. The van der Waals surface area contributed by atoms with Gasteiger partial charge in [0.2, 0.25) is 0 Å². The number of nitrogens with one attached hydrogen (secondary N) is 3. The van der Waals surface area contributed by atoms with E-state index in [1.54, 1.807) is 12.1 Å². The zero-order valence-corrected chi connectivity index (χ0v) is 16.9. The summed E-state index contributed by atoms with van der Waals surface area (Å²) in [5.41, 5.74) is 11.1. The van der Waals surface area contributed by atoms with Crippen LogP contribution in [0.4, 0.5) is 0 Å². The fraction of sp³-hybridized carbons (Fsp3) is 0.471. The molecule has 0 aliphatic carbocycles. The van der Waals surface area contributed by atoms with Gasteiger partial charge in [-0.3, -0.25) is 10.2 Å². The first-order chi connectivity index (χ1) is 13.4. The Kier molecular flexibility index (Phi) is 11.1. The quantitative estimate of drug-likeness (QED) is 0.0963. The van der Waals surface area contributed by atoms with Gasteiger partial charge in [0.05, 0.1) is 16.7 Å². The molecule has 0 aromatic heterocycles. The van der Waals surface area contributed by atoms with Crippen molar-refractivity contribution in [1.29, 1.82) is 5.41 Å². The van der Waals surface area contributed by atoms with Crippen LogP contribution >= 0.6 is 23.2 Å². The Labute approximate surface area is 173 Å². The number of guanidine groups is 1. The highest BCUT2D eigenvalue weighted by atomic mass is 35.5. The van der Waals surface area contributed by atoms with Crippen molar-refractivity contribution in [1.82, 2.24) is 10.6 Å². The number of unbranched alkanes of at least 4 members (excludes halogenated alkanes) is 1. The van der Waals surface area contributed by atoms with Gasteiger partial charge in [-0.05, 0) is 43.5 Å². The molecular formula is C17H26Cl2N6O3. The number of ether oxygens (including phenoxy) is 1. The Morgan fingerprint density at radius 1 is 1.18 bits per heavy atom. The second-order valence-electron chi connectivity index (χ2n) is 5.91. The van der Waals surface area contributed by atoms with E-state index < -0.39 is 5.91 Å². The van der Waals surface area contributed by atoms with Crippen molar-refractivity contribution in [3.05, 3.63) is 27.7 Å². The Bertz CT molecular complexity index is 676. The first kappa shape index (κ1) is 23.8. The highest BCUT2D eigenvalue weighted by molar-refractivity contribution is 6.40. The number of amides is 1. The molecule has 0 spiro atoms. The fourth-order valence-corrected chi connectivity index (χ4v) is 2.88. The Hall–Kier alpha value is -2.23. The first-order valence-electron chi connectivity index (χ1n) is 8.76. The van der Waals surface area contributed by atoms with Crippen LogP contribution in [0.15, 0.2) is 17.3 Å². The summed E-state index contributed by atoms with van der Waals surface area (Å²) in [7, 11) is 0. The molecule has 1 amide bonds. The van der Waals surface area contributed by atoms with Gasteiger partial charge in [-0.1, -0.05) is 28.4 Å². The molecular weight excluding hydrogens is 407 g/mol. The van der Waals surface area contributed by atoms with E-state index in [0.29, 0.717) is 60.4 Å². The molecule has 0 unspecified atom stereocenters. The Morgan fingerprint density at radius 2 is 1.79 bits per heavy atom. The number of halogens is 2. The van der Waals surface area contributed by atoms with Crippen LogP contribution in [0.3, 0.4) is 0 Å². The summed E-state index contributed by atoms with van der Waals surface area (Å²) in [6, 6.07) is 3.22. The predicted octanol–water partition coefficient (Wildman–Crippen LogP) is 1.47. The molecule has 28 heavy (non-hydrogen) atoms. The van der Waals surface area contributed by atoms with E-state index in [1.807, 2.05) is 0 Å². The van der Waals surface area contributed by atoms with Crippen molar-refractivity contribution >= 4 is 40.8 Å². The van der Waals surface area contributed by atoms with E-state index in [-0.39, 0.29) is 18.1 Å². The molecule has 0 fully saturated rings.